The average molecular weight is 362 g/mol. The lowest BCUT2D eigenvalue weighted by atomic mass is 9.89. The number of hydrogen-bond donors (Lipinski definition) is 0. The van der Waals surface area contributed by atoms with Crippen LogP contribution in [0.4, 0.5) is 4.39 Å². The molecule has 3 atom stereocenters. The summed E-state index contributed by atoms with van der Waals surface area (Å²) in [7, 11) is 0. The first-order valence-corrected chi connectivity index (χ1v) is 9.85. The lowest BCUT2D eigenvalue weighted by Gasteiger charge is -2.40. The summed E-state index contributed by atoms with van der Waals surface area (Å²) in [5.74, 6) is 0.627. The Morgan fingerprint density at radius 1 is 1.23 bits per heavy atom. The lowest BCUT2D eigenvalue weighted by molar-refractivity contribution is -0.148. The topological polar surface area (TPSA) is 32.8 Å². The van der Waals surface area contributed by atoms with Gasteiger partial charge in [-0.1, -0.05) is 12.1 Å². The second kappa shape index (κ2) is 8.49. The molecule has 144 valence electrons. The maximum atomic E-state index is 13.4. The fourth-order valence-electron chi connectivity index (χ4n) is 4.32. The van der Waals surface area contributed by atoms with Crippen LogP contribution in [-0.4, -0.2) is 60.1 Å². The minimum absolute atomic E-state index is 0.0809. The minimum atomic E-state index is -0.159. The average Bonchev–Trinajstić information content (AvgIpc) is 2.60. The number of morpholine rings is 1. The third-order valence-corrected chi connectivity index (χ3v) is 5.70. The molecule has 5 heteroatoms. The smallest absolute Gasteiger partial charge is 0.239 e. The molecule has 2 aliphatic heterocycles. The molecule has 2 aliphatic rings. The van der Waals surface area contributed by atoms with Gasteiger partial charge in [-0.25, -0.2) is 4.39 Å². The molecule has 2 saturated heterocycles. The highest BCUT2D eigenvalue weighted by molar-refractivity contribution is 5.81. The SMILES string of the molecule is CC1CN(C(=O)C(C)N2CCC(Cc3cccc(F)c3)CC2)CC(C)O1. The largest absolute Gasteiger partial charge is 0.372 e. The van der Waals surface area contributed by atoms with E-state index in [4.69, 9.17) is 4.74 Å². The second-order valence-corrected chi connectivity index (χ2v) is 7.99. The van der Waals surface area contributed by atoms with E-state index < -0.39 is 0 Å². The van der Waals surface area contributed by atoms with Gasteiger partial charge in [-0.05, 0) is 76.7 Å². The molecular weight excluding hydrogens is 331 g/mol. The Labute approximate surface area is 156 Å². The van der Waals surface area contributed by atoms with Crippen LogP contribution in [0.2, 0.25) is 0 Å². The van der Waals surface area contributed by atoms with Crippen LogP contribution in [0, 0.1) is 11.7 Å². The van der Waals surface area contributed by atoms with Crippen molar-refractivity contribution in [1.29, 1.82) is 0 Å². The Kier molecular flexibility index (Phi) is 6.30. The molecule has 0 aliphatic carbocycles. The first-order valence-electron chi connectivity index (χ1n) is 9.85. The van der Waals surface area contributed by atoms with Gasteiger partial charge >= 0.3 is 0 Å². The fraction of sp³-hybridized carbons (Fsp3) is 0.667. The van der Waals surface area contributed by atoms with Gasteiger partial charge in [-0.3, -0.25) is 9.69 Å². The van der Waals surface area contributed by atoms with Crippen LogP contribution < -0.4 is 0 Å². The van der Waals surface area contributed by atoms with E-state index >= 15 is 0 Å². The Hall–Kier alpha value is -1.46. The number of hydrogen-bond acceptors (Lipinski definition) is 3. The van der Waals surface area contributed by atoms with Gasteiger partial charge in [0.15, 0.2) is 0 Å². The van der Waals surface area contributed by atoms with Crippen LogP contribution in [0.25, 0.3) is 0 Å². The second-order valence-electron chi connectivity index (χ2n) is 7.99. The quantitative estimate of drug-likeness (QED) is 0.825. The number of amides is 1. The summed E-state index contributed by atoms with van der Waals surface area (Å²) in [6.45, 7) is 9.31. The molecule has 4 nitrogen and oxygen atoms in total. The van der Waals surface area contributed by atoms with E-state index in [2.05, 4.69) is 4.90 Å². The fourth-order valence-corrected chi connectivity index (χ4v) is 4.32. The Morgan fingerprint density at radius 2 is 1.88 bits per heavy atom. The van der Waals surface area contributed by atoms with Crippen molar-refractivity contribution in [2.24, 2.45) is 5.92 Å². The molecule has 3 rings (SSSR count). The molecule has 0 saturated carbocycles. The maximum absolute atomic E-state index is 13.4. The van der Waals surface area contributed by atoms with Crippen molar-refractivity contribution in [1.82, 2.24) is 9.80 Å². The molecule has 2 fully saturated rings. The molecule has 3 unspecified atom stereocenters. The third kappa shape index (κ3) is 4.83. The summed E-state index contributed by atoms with van der Waals surface area (Å²) in [6, 6.07) is 6.84. The van der Waals surface area contributed by atoms with Crippen LogP contribution in [0.5, 0.6) is 0 Å². The van der Waals surface area contributed by atoms with Crippen LogP contribution in [0.15, 0.2) is 24.3 Å². The normalized spacial score (nSPS) is 26.7. The Balaban J connectivity index is 1.50. The first kappa shape index (κ1) is 19.3. The van der Waals surface area contributed by atoms with Gasteiger partial charge in [0.25, 0.3) is 0 Å². The Bertz CT molecular complexity index is 606. The maximum Gasteiger partial charge on any atom is 0.239 e. The molecule has 0 aromatic heterocycles. The Morgan fingerprint density at radius 3 is 2.50 bits per heavy atom. The number of carbonyl (C=O) groups excluding carboxylic acids is 1. The van der Waals surface area contributed by atoms with E-state index in [1.54, 1.807) is 12.1 Å². The number of likely N-dealkylation sites (tertiary alicyclic amines) is 1. The summed E-state index contributed by atoms with van der Waals surface area (Å²) in [4.78, 5) is 17.1. The van der Waals surface area contributed by atoms with Gasteiger partial charge < -0.3 is 9.64 Å². The van der Waals surface area contributed by atoms with Crippen molar-refractivity contribution in [3.8, 4) is 0 Å². The molecule has 2 heterocycles. The van der Waals surface area contributed by atoms with Gasteiger partial charge in [-0.15, -0.1) is 0 Å². The number of ether oxygens (including phenoxy) is 1. The number of nitrogens with zero attached hydrogens (tertiary/aromatic N) is 2. The van der Waals surface area contributed by atoms with E-state index in [0.717, 1.165) is 37.9 Å². The standard InChI is InChI=1S/C21H31FN2O2/c1-15-13-24(14-16(2)26-15)21(25)17(3)23-9-7-18(8-10-23)11-19-5-4-6-20(22)12-19/h4-6,12,15-18H,7-11,13-14H2,1-3H3. The van der Waals surface area contributed by atoms with Crippen LogP contribution in [0.3, 0.4) is 0 Å². The van der Waals surface area contributed by atoms with Crippen molar-refractivity contribution < 1.29 is 13.9 Å². The van der Waals surface area contributed by atoms with Gasteiger partial charge in [0.05, 0.1) is 18.2 Å². The first-order chi connectivity index (χ1) is 12.4. The van der Waals surface area contributed by atoms with Crippen molar-refractivity contribution in [2.75, 3.05) is 26.2 Å². The van der Waals surface area contributed by atoms with Crippen molar-refractivity contribution in [2.45, 2.75) is 58.3 Å². The summed E-state index contributed by atoms with van der Waals surface area (Å²) < 4.78 is 19.1. The molecule has 0 spiro atoms. The summed E-state index contributed by atoms with van der Waals surface area (Å²) in [6.07, 6.45) is 3.25. The number of halogens is 1. The number of carbonyl (C=O) groups is 1. The van der Waals surface area contributed by atoms with Crippen molar-refractivity contribution >= 4 is 5.91 Å². The number of rotatable bonds is 4. The monoisotopic (exact) mass is 362 g/mol. The van der Waals surface area contributed by atoms with E-state index in [0.29, 0.717) is 19.0 Å². The zero-order valence-corrected chi connectivity index (χ0v) is 16.2. The minimum Gasteiger partial charge on any atom is -0.372 e. The molecule has 1 aromatic rings. The molecule has 0 radical (unpaired) electrons. The molecule has 0 bridgehead atoms. The van der Waals surface area contributed by atoms with Gasteiger partial charge in [0.1, 0.15) is 5.82 Å². The molecule has 1 amide bonds. The van der Waals surface area contributed by atoms with E-state index in [-0.39, 0.29) is 30.0 Å². The zero-order valence-electron chi connectivity index (χ0n) is 16.2. The predicted molar refractivity (Wildman–Crippen MR) is 100 cm³/mol. The van der Waals surface area contributed by atoms with Crippen molar-refractivity contribution in [3.05, 3.63) is 35.6 Å². The highest BCUT2D eigenvalue weighted by Crippen LogP contribution is 2.24. The van der Waals surface area contributed by atoms with Crippen LogP contribution >= 0.6 is 0 Å². The van der Waals surface area contributed by atoms with Gasteiger partial charge in [0, 0.05) is 13.1 Å². The molecule has 1 aromatic carbocycles. The van der Waals surface area contributed by atoms with E-state index in [1.807, 2.05) is 31.7 Å². The lowest BCUT2D eigenvalue weighted by Crippen LogP contribution is -2.55. The predicted octanol–water partition coefficient (Wildman–Crippen LogP) is 3.10. The van der Waals surface area contributed by atoms with Gasteiger partial charge in [0.2, 0.25) is 5.91 Å². The van der Waals surface area contributed by atoms with Gasteiger partial charge in [-0.2, -0.15) is 0 Å². The highest BCUT2D eigenvalue weighted by atomic mass is 19.1. The highest BCUT2D eigenvalue weighted by Gasteiger charge is 2.32. The zero-order chi connectivity index (χ0) is 18.7. The molecule has 0 N–H and O–H groups in total. The molecular formula is C21H31FN2O2. The summed E-state index contributed by atoms with van der Waals surface area (Å²) >= 11 is 0. The summed E-state index contributed by atoms with van der Waals surface area (Å²) in [5, 5.41) is 0. The number of benzene rings is 1. The number of piperidine rings is 1. The molecule has 26 heavy (non-hydrogen) atoms. The van der Waals surface area contributed by atoms with E-state index in [9.17, 15) is 9.18 Å². The summed E-state index contributed by atoms with van der Waals surface area (Å²) in [5.41, 5.74) is 1.07. The van der Waals surface area contributed by atoms with E-state index in [1.165, 1.54) is 6.07 Å². The van der Waals surface area contributed by atoms with Crippen LogP contribution in [0.1, 0.15) is 39.2 Å². The third-order valence-electron chi connectivity index (χ3n) is 5.70. The van der Waals surface area contributed by atoms with Crippen LogP contribution in [-0.2, 0) is 16.0 Å². The van der Waals surface area contributed by atoms with Crippen molar-refractivity contribution in [3.63, 3.8) is 0 Å².